The van der Waals surface area contributed by atoms with Crippen molar-refractivity contribution in [1.29, 1.82) is 0 Å². The molecule has 0 radical (unpaired) electrons. The van der Waals surface area contributed by atoms with Crippen LogP contribution in [0.2, 0.25) is 0 Å². The Labute approximate surface area is 174 Å². The number of rotatable bonds is 3. The lowest BCUT2D eigenvalue weighted by Crippen LogP contribution is -2.21. The Hall–Kier alpha value is -3.84. The molecule has 0 saturated carbocycles. The van der Waals surface area contributed by atoms with Gasteiger partial charge >= 0.3 is 5.63 Å². The van der Waals surface area contributed by atoms with E-state index in [4.69, 9.17) is 4.42 Å². The Bertz CT molecular complexity index is 1450. The maximum absolute atomic E-state index is 12.7. The van der Waals surface area contributed by atoms with Crippen molar-refractivity contribution in [1.82, 2.24) is 9.97 Å². The van der Waals surface area contributed by atoms with E-state index < -0.39 is 11.5 Å². The van der Waals surface area contributed by atoms with E-state index in [9.17, 15) is 9.59 Å². The van der Waals surface area contributed by atoms with Crippen LogP contribution in [0, 0.1) is 6.92 Å². The van der Waals surface area contributed by atoms with Gasteiger partial charge in [-0.25, -0.2) is 14.8 Å². The van der Waals surface area contributed by atoms with Crippen molar-refractivity contribution >= 4 is 44.2 Å². The number of nitrogens with zero attached hydrogens (tertiary/aromatic N) is 2. The number of fused-ring (bicyclic) bond motifs is 2. The molecule has 3 heterocycles. The lowest BCUT2D eigenvalue weighted by atomic mass is 10.1. The standard InChI is InChI=1S/C23H15N3O3S/c1-13-11-15(21-26-18-6-4-10-24-22(18)30-21)8-9-17(13)25-20(27)16-12-14-5-2-3-7-19(14)29-23(16)28/h2-12H,1H3,(H,25,27). The van der Waals surface area contributed by atoms with Crippen LogP contribution < -0.4 is 10.9 Å². The lowest BCUT2D eigenvalue weighted by Gasteiger charge is -2.09. The first kappa shape index (κ1) is 18.2. The van der Waals surface area contributed by atoms with Crippen LogP contribution in [0.25, 0.3) is 31.9 Å². The zero-order valence-corrected chi connectivity index (χ0v) is 16.7. The molecule has 5 aromatic rings. The largest absolute Gasteiger partial charge is 0.422 e. The Balaban J connectivity index is 1.44. The molecule has 0 aliphatic rings. The maximum atomic E-state index is 12.7. The summed E-state index contributed by atoms with van der Waals surface area (Å²) < 4.78 is 5.26. The third-order valence-corrected chi connectivity index (χ3v) is 5.80. The average molecular weight is 413 g/mol. The summed E-state index contributed by atoms with van der Waals surface area (Å²) >= 11 is 1.52. The van der Waals surface area contributed by atoms with Crippen molar-refractivity contribution in [2.24, 2.45) is 0 Å². The lowest BCUT2D eigenvalue weighted by molar-refractivity contribution is 0.102. The van der Waals surface area contributed by atoms with Crippen molar-refractivity contribution in [2.75, 3.05) is 5.32 Å². The molecule has 0 saturated heterocycles. The summed E-state index contributed by atoms with van der Waals surface area (Å²) in [6.07, 6.45) is 1.75. The van der Waals surface area contributed by atoms with Crippen molar-refractivity contribution in [3.05, 3.63) is 88.4 Å². The van der Waals surface area contributed by atoms with Gasteiger partial charge in [0.2, 0.25) is 0 Å². The Morgan fingerprint density at radius 1 is 1.07 bits per heavy atom. The minimum Gasteiger partial charge on any atom is -0.422 e. The first-order chi connectivity index (χ1) is 14.6. The van der Waals surface area contributed by atoms with Gasteiger partial charge < -0.3 is 9.73 Å². The molecule has 30 heavy (non-hydrogen) atoms. The quantitative estimate of drug-likeness (QED) is 0.420. The minimum absolute atomic E-state index is 0.0329. The van der Waals surface area contributed by atoms with E-state index in [-0.39, 0.29) is 5.56 Å². The van der Waals surface area contributed by atoms with E-state index in [1.54, 1.807) is 30.5 Å². The summed E-state index contributed by atoms with van der Waals surface area (Å²) in [5, 5.41) is 4.36. The number of carbonyl (C=O) groups excluding carboxylic acids is 1. The van der Waals surface area contributed by atoms with E-state index in [1.165, 1.54) is 11.3 Å². The normalized spacial score (nSPS) is 11.1. The molecule has 6 nitrogen and oxygen atoms in total. The van der Waals surface area contributed by atoms with Gasteiger partial charge in [0.15, 0.2) is 0 Å². The molecule has 3 aromatic heterocycles. The zero-order chi connectivity index (χ0) is 20.7. The number of hydrogen-bond acceptors (Lipinski definition) is 6. The molecule has 0 fully saturated rings. The second kappa shape index (κ2) is 7.20. The van der Waals surface area contributed by atoms with Crippen LogP contribution in [-0.4, -0.2) is 15.9 Å². The number of nitrogens with one attached hydrogen (secondary N) is 1. The monoisotopic (exact) mass is 413 g/mol. The van der Waals surface area contributed by atoms with Gasteiger partial charge in [0.1, 0.15) is 26.5 Å². The Morgan fingerprint density at radius 2 is 1.93 bits per heavy atom. The minimum atomic E-state index is -0.664. The van der Waals surface area contributed by atoms with E-state index in [0.717, 1.165) is 26.5 Å². The molecule has 0 unspecified atom stereocenters. The van der Waals surface area contributed by atoms with Gasteiger partial charge in [-0.2, -0.15) is 0 Å². The third kappa shape index (κ3) is 3.25. The van der Waals surface area contributed by atoms with Crippen molar-refractivity contribution in [2.45, 2.75) is 6.92 Å². The van der Waals surface area contributed by atoms with Gasteiger partial charge in [0, 0.05) is 22.8 Å². The number of aromatic nitrogens is 2. The highest BCUT2D eigenvalue weighted by Gasteiger charge is 2.15. The van der Waals surface area contributed by atoms with Gasteiger partial charge in [-0.05, 0) is 55.0 Å². The molecular weight excluding hydrogens is 398 g/mol. The summed E-state index contributed by atoms with van der Waals surface area (Å²) in [5.74, 6) is -0.505. The molecule has 146 valence electrons. The van der Waals surface area contributed by atoms with Crippen molar-refractivity contribution < 1.29 is 9.21 Å². The molecule has 0 aliphatic heterocycles. The zero-order valence-electron chi connectivity index (χ0n) is 15.9. The average Bonchev–Trinajstić information content (AvgIpc) is 3.19. The fourth-order valence-corrected chi connectivity index (χ4v) is 4.14. The highest BCUT2D eigenvalue weighted by atomic mass is 32.1. The molecular formula is C23H15N3O3S. The Morgan fingerprint density at radius 3 is 2.77 bits per heavy atom. The van der Waals surface area contributed by atoms with E-state index in [0.29, 0.717) is 16.7 Å². The second-order valence-corrected chi connectivity index (χ2v) is 7.79. The molecule has 0 atom stereocenters. The van der Waals surface area contributed by atoms with Crippen LogP contribution in [0.5, 0.6) is 0 Å². The number of hydrogen-bond donors (Lipinski definition) is 1. The van der Waals surface area contributed by atoms with Crippen LogP contribution >= 0.6 is 11.3 Å². The van der Waals surface area contributed by atoms with Gasteiger partial charge in [-0.3, -0.25) is 4.79 Å². The van der Waals surface area contributed by atoms with Crippen LogP contribution in [0.4, 0.5) is 5.69 Å². The molecule has 1 N–H and O–H groups in total. The van der Waals surface area contributed by atoms with Gasteiger partial charge in [-0.15, -0.1) is 0 Å². The first-order valence-corrected chi connectivity index (χ1v) is 10.1. The number of amides is 1. The molecule has 0 bridgehead atoms. The van der Waals surface area contributed by atoms with E-state index in [2.05, 4.69) is 15.3 Å². The van der Waals surface area contributed by atoms with Crippen molar-refractivity contribution in [3.8, 4) is 10.6 Å². The molecule has 7 heteroatoms. The number of aryl methyl sites for hydroxylation is 1. The fraction of sp³-hybridized carbons (Fsp3) is 0.0435. The van der Waals surface area contributed by atoms with Crippen molar-refractivity contribution in [3.63, 3.8) is 0 Å². The summed E-state index contributed by atoms with van der Waals surface area (Å²) in [4.78, 5) is 34.8. The van der Waals surface area contributed by atoms with Crippen LogP contribution in [0.1, 0.15) is 15.9 Å². The fourth-order valence-electron chi connectivity index (χ4n) is 3.24. The van der Waals surface area contributed by atoms with Gasteiger partial charge in [0.05, 0.1) is 0 Å². The van der Waals surface area contributed by atoms with E-state index in [1.807, 2.05) is 43.3 Å². The predicted octanol–water partition coefficient (Wildman–Crippen LogP) is 5.03. The number of para-hydroxylation sites is 1. The highest BCUT2D eigenvalue weighted by Crippen LogP contribution is 2.31. The first-order valence-electron chi connectivity index (χ1n) is 9.25. The summed E-state index contributed by atoms with van der Waals surface area (Å²) in [7, 11) is 0. The van der Waals surface area contributed by atoms with Gasteiger partial charge in [0.25, 0.3) is 5.91 Å². The summed E-state index contributed by atoms with van der Waals surface area (Å²) in [6.45, 7) is 1.90. The van der Waals surface area contributed by atoms with Crippen LogP contribution in [-0.2, 0) is 0 Å². The second-order valence-electron chi connectivity index (χ2n) is 6.82. The van der Waals surface area contributed by atoms with Crippen LogP contribution in [0.15, 0.2) is 76.1 Å². The number of carbonyl (C=O) groups is 1. The summed E-state index contributed by atoms with van der Waals surface area (Å²) in [5.41, 5.74) is 3.03. The number of anilines is 1. The van der Waals surface area contributed by atoms with Crippen LogP contribution in [0.3, 0.4) is 0 Å². The van der Waals surface area contributed by atoms with E-state index >= 15 is 0 Å². The number of pyridine rings is 1. The SMILES string of the molecule is Cc1cc(-c2nc3cccnc3s2)ccc1NC(=O)c1cc2ccccc2oc1=O. The molecule has 5 rings (SSSR count). The molecule has 1 amide bonds. The number of benzene rings is 2. The Kier molecular flexibility index (Phi) is 4.37. The smallest absolute Gasteiger partial charge is 0.349 e. The topological polar surface area (TPSA) is 85.1 Å². The number of thiazole rings is 1. The predicted molar refractivity (Wildman–Crippen MR) is 118 cm³/mol. The highest BCUT2D eigenvalue weighted by molar-refractivity contribution is 7.21. The molecule has 2 aromatic carbocycles. The molecule has 0 spiro atoms. The molecule has 0 aliphatic carbocycles. The summed E-state index contributed by atoms with van der Waals surface area (Å²) in [6, 6.07) is 18.1. The maximum Gasteiger partial charge on any atom is 0.349 e. The van der Waals surface area contributed by atoms with Gasteiger partial charge in [-0.1, -0.05) is 29.5 Å². The third-order valence-electron chi connectivity index (χ3n) is 4.77.